The van der Waals surface area contributed by atoms with Gasteiger partial charge in [-0.15, -0.1) is 0 Å². The highest BCUT2D eigenvalue weighted by Gasteiger charge is 2.30. The van der Waals surface area contributed by atoms with Crippen LogP contribution in [0, 0.1) is 0 Å². The zero-order valence-electron chi connectivity index (χ0n) is 10.5. The molecule has 1 heterocycles. The monoisotopic (exact) mass is 312 g/mol. The van der Waals surface area contributed by atoms with Crippen LogP contribution in [0.4, 0.5) is 5.82 Å². The molecule has 0 bridgehead atoms. The molecule has 5 heteroatoms. The van der Waals surface area contributed by atoms with E-state index in [0.29, 0.717) is 5.82 Å². The standard InChI is InChI=1S/C13H17BrN2O2/c1-9(2)18-12-5-3-4-11(12)16(17)13-7-6-10(14)8-15-13/h3,5-9,11-12,17H,4H2,1-2H3/t11-,12-/m1/s1. The van der Waals surface area contributed by atoms with E-state index in [1.165, 1.54) is 5.06 Å². The molecule has 0 aromatic carbocycles. The van der Waals surface area contributed by atoms with Gasteiger partial charge in [0.1, 0.15) is 0 Å². The number of aromatic nitrogens is 1. The van der Waals surface area contributed by atoms with Crippen molar-refractivity contribution in [2.24, 2.45) is 0 Å². The number of rotatable bonds is 4. The van der Waals surface area contributed by atoms with Crippen molar-refractivity contribution < 1.29 is 9.94 Å². The molecule has 1 aliphatic rings. The van der Waals surface area contributed by atoms with Crippen LogP contribution >= 0.6 is 15.9 Å². The minimum atomic E-state index is -0.110. The van der Waals surface area contributed by atoms with Gasteiger partial charge in [0.05, 0.1) is 18.2 Å². The summed E-state index contributed by atoms with van der Waals surface area (Å²) < 4.78 is 6.65. The molecule has 0 spiro atoms. The zero-order valence-corrected chi connectivity index (χ0v) is 12.0. The maximum absolute atomic E-state index is 10.2. The highest BCUT2D eigenvalue weighted by atomic mass is 79.9. The van der Waals surface area contributed by atoms with Crippen molar-refractivity contribution in [3.05, 3.63) is 35.0 Å². The zero-order chi connectivity index (χ0) is 13.1. The van der Waals surface area contributed by atoms with Crippen molar-refractivity contribution in [2.45, 2.75) is 38.5 Å². The summed E-state index contributed by atoms with van der Waals surface area (Å²) in [6, 6.07) is 3.52. The number of hydroxylamine groups is 1. The number of hydrogen-bond acceptors (Lipinski definition) is 4. The van der Waals surface area contributed by atoms with Crippen LogP contribution in [0.25, 0.3) is 0 Å². The normalized spacial score (nSPS) is 22.7. The van der Waals surface area contributed by atoms with E-state index < -0.39 is 0 Å². The molecular formula is C13H17BrN2O2. The quantitative estimate of drug-likeness (QED) is 0.685. The molecule has 98 valence electrons. The lowest BCUT2D eigenvalue weighted by atomic mass is 10.2. The largest absolute Gasteiger partial charge is 0.369 e. The van der Waals surface area contributed by atoms with E-state index in [1.54, 1.807) is 12.3 Å². The Kier molecular flexibility index (Phi) is 4.37. The Morgan fingerprint density at radius 1 is 1.50 bits per heavy atom. The van der Waals surface area contributed by atoms with E-state index in [-0.39, 0.29) is 18.2 Å². The van der Waals surface area contributed by atoms with Crippen molar-refractivity contribution in [1.29, 1.82) is 0 Å². The average Bonchev–Trinajstić information content (AvgIpc) is 2.76. The molecule has 18 heavy (non-hydrogen) atoms. The van der Waals surface area contributed by atoms with Crippen molar-refractivity contribution in [2.75, 3.05) is 5.06 Å². The minimum absolute atomic E-state index is 0.0968. The summed E-state index contributed by atoms with van der Waals surface area (Å²) in [5.41, 5.74) is 0. The van der Waals surface area contributed by atoms with Crippen LogP contribution in [0.2, 0.25) is 0 Å². The number of ether oxygens (including phenoxy) is 1. The van der Waals surface area contributed by atoms with Crippen LogP contribution in [0.1, 0.15) is 20.3 Å². The Labute approximate surface area is 115 Å². The number of anilines is 1. The molecule has 4 nitrogen and oxygen atoms in total. The number of halogens is 1. The van der Waals surface area contributed by atoms with Gasteiger partial charge in [-0.2, -0.15) is 0 Å². The van der Waals surface area contributed by atoms with Gasteiger partial charge >= 0.3 is 0 Å². The van der Waals surface area contributed by atoms with Crippen molar-refractivity contribution in [3.63, 3.8) is 0 Å². The summed E-state index contributed by atoms with van der Waals surface area (Å²) in [6.07, 6.45) is 6.48. The van der Waals surface area contributed by atoms with E-state index in [4.69, 9.17) is 4.74 Å². The third-order valence-corrected chi connectivity index (χ3v) is 3.24. The number of hydrogen-bond donors (Lipinski definition) is 1. The molecule has 0 saturated carbocycles. The topological polar surface area (TPSA) is 45.6 Å². The first-order valence-corrected chi connectivity index (χ1v) is 6.79. The van der Waals surface area contributed by atoms with Gasteiger partial charge < -0.3 is 4.74 Å². The van der Waals surface area contributed by atoms with E-state index in [0.717, 1.165) is 10.9 Å². The molecule has 1 aromatic rings. The van der Waals surface area contributed by atoms with Crippen LogP contribution in [0.15, 0.2) is 35.0 Å². The summed E-state index contributed by atoms with van der Waals surface area (Å²) >= 11 is 3.32. The van der Waals surface area contributed by atoms with Gasteiger partial charge in [0.15, 0.2) is 5.82 Å². The molecule has 0 amide bonds. The predicted molar refractivity (Wildman–Crippen MR) is 73.8 cm³/mol. The molecule has 0 fully saturated rings. The SMILES string of the molecule is CC(C)O[C@@H]1C=CC[C@H]1N(O)c1ccc(Br)cn1. The lowest BCUT2D eigenvalue weighted by molar-refractivity contribution is 0.00851. The van der Waals surface area contributed by atoms with Crippen molar-refractivity contribution in [1.82, 2.24) is 4.98 Å². The van der Waals surface area contributed by atoms with Gasteiger partial charge in [-0.1, -0.05) is 12.2 Å². The molecule has 0 saturated heterocycles. The van der Waals surface area contributed by atoms with Crippen LogP contribution in [-0.4, -0.2) is 28.4 Å². The highest BCUT2D eigenvalue weighted by Crippen LogP contribution is 2.25. The Bertz CT molecular complexity index is 420. The Hall–Kier alpha value is -0.910. The fraction of sp³-hybridized carbons (Fsp3) is 0.462. The first kappa shape index (κ1) is 13.5. The van der Waals surface area contributed by atoms with Gasteiger partial charge in [-0.05, 0) is 48.3 Å². The van der Waals surface area contributed by atoms with Gasteiger partial charge in [0.2, 0.25) is 0 Å². The Balaban J connectivity index is 2.08. The molecule has 0 unspecified atom stereocenters. The summed E-state index contributed by atoms with van der Waals surface area (Å²) in [7, 11) is 0. The molecule has 1 aromatic heterocycles. The first-order chi connectivity index (χ1) is 8.58. The highest BCUT2D eigenvalue weighted by molar-refractivity contribution is 9.10. The fourth-order valence-electron chi connectivity index (χ4n) is 1.98. The van der Waals surface area contributed by atoms with E-state index in [9.17, 15) is 5.21 Å². The average molecular weight is 313 g/mol. The Morgan fingerprint density at radius 3 is 2.89 bits per heavy atom. The minimum Gasteiger partial charge on any atom is -0.369 e. The van der Waals surface area contributed by atoms with Gasteiger partial charge in [-0.25, -0.2) is 10.0 Å². The second-order valence-electron chi connectivity index (χ2n) is 4.56. The smallest absolute Gasteiger partial charge is 0.152 e. The van der Waals surface area contributed by atoms with Crippen LogP contribution < -0.4 is 5.06 Å². The van der Waals surface area contributed by atoms with E-state index >= 15 is 0 Å². The predicted octanol–water partition coefficient (Wildman–Crippen LogP) is 3.16. The summed E-state index contributed by atoms with van der Waals surface area (Å²) in [6.45, 7) is 3.98. The van der Waals surface area contributed by atoms with Gasteiger partial charge in [0.25, 0.3) is 0 Å². The maximum atomic E-state index is 10.2. The summed E-state index contributed by atoms with van der Waals surface area (Å²) in [5.74, 6) is 0.532. The lowest BCUT2D eigenvalue weighted by Gasteiger charge is -2.29. The second kappa shape index (κ2) is 5.82. The lowest BCUT2D eigenvalue weighted by Crippen LogP contribution is -2.41. The summed E-state index contributed by atoms with van der Waals surface area (Å²) in [4.78, 5) is 4.18. The van der Waals surface area contributed by atoms with Gasteiger partial charge in [0, 0.05) is 10.7 Å². The number of pyridine rings is 1. The molecule has 1 N–H and O–H groups in total. The molecule has 2 rings (SSSR count). The van der Waals surface area contributed by atoms with E-state index in [1.807, 2.05) is 32.1 Å². The van der Waals surface area contributed by atoms with Crippen LogP contribution in [0.3, 0.4) is 0 Å². The molecule has 1 aliphatic carbocycles. The molecule has 2 atom stereocenters. The van der Waals surface area contributed by atoms with Gasteiger partial charge in [-0.3, -0.25) is 5.21 Å². The summed E-state index contributed by atoms with van der Waals surface area (Å²) in [5, 5.41) is 11.4. The third kappa shape index (κ3) is 3.10. The van der Waals surface area contributed by atoms with E-state index in [2.05, 4.69) is 20.9 Å². The first-order valence-electron chi connectivity index (χ1n) is 5.99. The number of nitrogens with zero attached hydrogens (tertiary/aromatic N) is 2. The third-order valence-electron chi connectivity index (χ3n) is 2.77. The maximum Gasteiger partial charge on any atom is 0.152 e. The van der Waals surface area contributed by atoms with Crippen LogP contribution in [-0.2, 0) is 4.74 Å². The molecule has 0 aliphatic heterocycles. The van der Waals surface area contributed by atoms with Crippen LogP contribution in [0.5, 0.6) is 0 Å². The second-order valence-corrected chi connectivity index (χ2v) is 5.48. The molecule has 0 radical (unpaired) electrons. The molecular weight excluding hydrogens is 296 g/mol. The van der Waals surface area contributed by atoms with Crippen molar-refractivity contribution in [3.8, 4) is 0 Å². The fourth-order valence-corrected chi connectivity index (χ4v) is 2.21. The Morgan fingerprint density at radius 2 is 2.28 bits per heavy atom. The van der Waals surface area contributed by atoms with Crippen molar-refractivity contribution >= 4 is 21.7 Å².